The summed E-state index contributed by atoms with van der Waals surface area (Å²) in [5.41, 5.74) is -7.86. The Morgan fingerprint density at radius 1 is 0.800 bits per heavy atom. The molecule has 0 aromatic heterocycles. The lowest BCUT2D eigenvalue weighted by Crippen LogP contribution is -2.82. The van der Waals surface area contributed by atoms with Gasteiger partial charge in [-0.25, -0.2) is 9.59 Å². The number of aliphatic hydroxyl groups is 2. The zero-order valence-corrected chi connectivity index (χ0v) is 42.4. The summed E-state index contributed by atoms with van der Waals surface area (Å²) in [5.74, 6) is -10.1. The molecule has 11 atom stereocenters. The Morgan fingerprint density at radius 2 is 1.41 bits per heavy atom. The first kappa shape index (κ1) is 55.5. The Labute approximate surface area is 432 Å². The lowest BCUT2D eigenvalue weighted by Gasteiger charge is -2.67. The minimum absolute atomic E-state index is 0.00597. The summed E-state index contributed by atoms with van der Waals surface area (Å²) in [6.45, 7) is 7.68. The van der Waals surface area contributed by atoms with Crippen LogP contribution in [0.25, 0.3) is 0 Å². The number of nitrogens with one attached hydrogen (secondary N) is 2. The van der Waals surface area contributed by atoms with E-state index in [1.165, 1.54) is 52.0 Å². The van der Waals surface area contributed by atoms with Crippen LogP contribution >= 0.6 is 0 Å². The number of fused-ring (bicyclic) bond motifs is 5. The normalized spacial score (nSPS) is 28.1. The number of carbonyl (C=O) groups is 9. The zero-order valence-electron chi connectivity index (χ0n) is 42.4. The van der Waals surface area contributed by atoms with Crippen LogP contribution in [-0.4, -0.2) is 130 Å². The average molecular weight is 1040 g/mol. The fourth-order valence-corrected chi connectivity index (χ4v) is 11.3. The molecule has 20 heteroatoms. The second kappa shape index (κ2) is 22.3. The van der Waals surface area contributed by atoms with Gasteiger partial charge in [-0.15, -0.1) is 0 Å². The second-order valence-corrected chi connectivity index (χ2v) is 20.2. The smallest absolute Gasteiger partial charge is 0.350 e. The molecule has 2 bridgehead atoms. The fraction of sp³-hybridized carbons (Fsp3) is 0.473. The minimum Gasteiger partial charge on any atom is -0.481 e. The molecule has 3 aliphatic carbocycles. The molecule has 75 heavy (non-hydrogen) atoms. The minimum atomic E-state index is -2.52. The molecule has 20 nitrogen and oxygen atoms in total. The molecule has 7 rings (SSSR count). The molecule has 3 aromatic carbocycles. The molecule has 2 amide bonds. The van der Waals surface area contributed by atoms with Crippen molar-refractivity contribution < 1.29 is 86.9 Å². The van der Waals surface area contributed by atoms with Gasteiger partial charge in [0.2, 0.25) is 12.0 Å². The highest BCUT2D eigenvalue weighted by atomic mass is 16.6. The van der Waals surface area contributed by atoms with E-state index in [4.69, 9.17) is 33.5 Å². The van der Waals surface area contributed by atoms with E-state index < -0.39 is 143 Å². The first-order chi connectivity index (χ1) is 35.5. The largest absolute Gasteiger partial charge is 0.481 e. The number of amides is 2. The topological polar surface area (TPSA) is 294 Å². The van der Waals surface area contributed by atoms with Gasteiger partial charge in [-0.3, -0.25) is 33.6 Å². The Bertz CT molecular complexity index is 2730. The summed E-state index contributed by atoms with van der Waals surface area (Å²) >= 11 is 0. The zero-order chi connectivity index (χ0) is 54.6. The molecule has 4 aliphatic rings. The molecule has 1 aliphatic heterocycles. The van der Waals surface area contributed by atoms with Crippen LogP contribution in [0.3, 0.4) is 0 Å². The van der Waals surface area contributed by atoms with Crippen molar-refractivity contribution in [3.05, 3.63) is 119 Å². The molecule has 3 aromatic rings. The highest BCUT2D eigenvalue weighted by Crippen LogP contribution is 2.64. The summed E-state index contributed by atoms with van der Waals surface area (Å²) in [6.07, 6.45) is -12.3. The molecule has 0 radical (unpaired) electrons. The predicted octanol–water partition coefficient (Wildman–Crippen LogP) is 4.05. The number of aliphatic carboxylic acids is 1. The summed E-state index contributed by atoms with van der Waals surface area (Å²) in [6, 6.07) is 22.1. The van der Waals surface area contributed by atoms with Crippen molar-refractivity contribution in [2.45, 2.75) is 134 Å². The molecule has 400 valence electrons. The van der Waals surface area contributed by atoms with Crippen LogP contribution in [0.2, 0.25) is 0 Å². The van der Waals surface area contributed by atoms with Crippen molar-refractivity contribution >= 4 is 53.4 Å². The molecular formula is C55H62N2O18. The van der Waals surface area contributed by atoms with Crippen molar-refractivity contribution in [3.63, 3.8) is 0 Å². The summed E-state index contributed by atoms with van der Waals surface area (Å²) in [7, 11) is 0. The summed E-state index contributed by atoms with van der Waals surface area (Å²) in [5, 5.41) is 40.4. The van der Waals surface area contributed by atoms with Gasteiger partial charge in [-0.2, -0.15) is 0 Å². The van der Waals surface area contributed by atoms with Crippen molar-refractivity contribution in [2.75, 3.05) is 13.2 Å². The summed E-state index contributed by atoms with van der Waals surface area (Å²) in [4.78, 5) is 123. The van der Waals surface area contributed by atoms with Crippen LogP contribution in [0.15, 0.2) is 102 Å². The van der Waals surface area contributed by atoms with Crippen LogP contribution in [0.5, 0.6) is 0 Å². The maximum Gasteiger partial charge on any atom is 0.350 e. The molecule has 1 heterocycles. The van der Waals surface area contributed by atoms with Crippen LogP contribution in [-0.2, 0) is 62.0 Å². The number of carboxylic acids is 1. The third kappa shape index (κ3) is 11.0. The van der Waals surface area contributed by atoms with E-state index in [0.717, 1.165) is 13.8 Å². The lowest BCUT2D eigenvalue weighted by molar-refractivity contribution is -0.346. The van der Waals surface area contributed by atoms with E-state index in [-0.39, 0.29) is 60.3 Å². The number of hydrogen-bond acceptors (Lipinski definition) is 17. The van der Waals surface area contributed by atoms with Crippen molar-refractivity contribution in [2.24, 2.45) is 16.7 Å². The van der Waals surface area contributed by atoms with E-state index in [0.29, 0.717) is 0 Å². The van der Waals surface area contributed by atoms with E-state index in [1.807, 2.05) is 0 Å². The van der Waals surface area contributed by atoms with Crippen LogP contribution in [0, 0.1) is 16.7 Å². The van der Waals surface area contributed by atoms with E-state index in [1.54, 1.807) is 66.7 Å². The van der Waals surface area contributed by atoms with E-state index in [9.17, 15) is 43.8 Å². The maximum atomic E-state index is 15.7. The third-order valence-corrected chi connectivity index (χ3v) is 15.2. The van der Waals surface area contributed by atoms with Gasteiger partial charge in [0.1, 0.15) is 30.0 Å². The van der Waals surface area contributed by atoms with Crippen LogP contribution in [0.4, 0.5) is 0 Å². The van der Waals surface area contributed by atoms with Crippen molar-refractivity contribution in [3.8, 4) is 0 Å². The number of benzene rings is 3. The van der Waals surface area contributed by atoms with Gasteiger partial charge in [0.05, 0.1) is 36.0 Å². The van der Waals surface area contributed by atoms with Gasteiger partial charge in [0.15, 0.2) is 17.5 Å². The number of ketones is 1. The number of rotatable bonds is 18. The van der Waals surface area contributed by atoms with Gasteiger partial charge < -0.3 is 54.4 Å². The van der Waals surface area contributed by atoms with E-state index in [2.05, 4.69) is 10.6 Å². The second-order valence-electron chi connectivity index (χ2n) is 20.2. The quantitative estimate of drug-likeness (QED) is 0.0520. The van der Waals surface area contributed by atoms with Crippen molar-refractivity contribution in [1.82, 2.24) is 10.6 Å². The molecule has 3 fully saturated rings. The van der Waals surface area contributed by atoms with Gasteiger partial charge in [-0.05, 0) is 61.2 Å². The fourth-order valence-electron chi connectivity index (χ4n) is 11.3. The SMILES string of the molecule is CC(=O)O[C@H]1C(=O)[C@@]2(C)C(C(OC(=O)c3ccccc3)[C@]3(O)C[C@H](OC(=O)[C@H](OC(=O)CCC(=O)NCCCC(=O)O)[C@@H](NC(=O)c4ccccc4)c4ccccc4)C(C)=C1C3(C)C)[C@]1(OC(C)=O)CO[C@@H]1C[C@@H]2O. The Balaban J connectivity index is 1.37. The standard InChI is InChI=1S/C55H62N2O18/c1-30-36(72-51(68)45(73-41(64)25-24-39(61)56-26-16-23-40(62)63)43(33-17-10-7-11-18-33)57-49(66)34-19-12-8-13-20-34)28-55(69)48(74-50(67)35-21-14-9-15-22-35)46-53(6,37(60)27-38-54(46,29-70-38)75-32(3)59)47(65)44(71-31(2)58)42(30)52(55,4)5/h7-15,17-22,36-38,43-46,48,60,69H,16,23-29H2,1-6H3,(H,56,61)(H,57,66)(H,62,63)/t36-,37-,38+,43-,44+,45+,46?,48?,53+,54-,55+/m0/s1. The van der Waals surface area contributed by atoms with Gasteiger partial charge in [0, 0.05) is 57.1 Å². The number of aliphatic hydroxyl groups excluding tert-OH is 1. The Hall–Kier alpha value is -7.29. The first-order valence-electron chi connectivity index (χ1n) is 24.7. The number of esters is 5. The Kier molecular flexibility index (Phi) is 16.5. The van der Waals surface area contributed by atoms with Crippen LogP contribution in [0.1, 0.15) is 112 Å². The number of carboxylic acid groups (broad SMARTS) is 1. The highest BCUT2D eigenvalue weighted by Gasteiger charge is 2.78. The number of ether oxygens (including phenoxy) is 6. The third-order valence-electron chi connectivity index (χ3n) is 15.2. The molecule has 2 saturated carbocycles. The van der Waals surface area contributed by atoms with E-state index >= 15 is 9.59 Å². The van der Waals surface area contributed by atoms with Gasteiger partial charge >= 0.3 is 35.8 Å². The maximum absolute atomic E-state index is 15.7. The predicted molar refractivity (Wildman–Crippen MR) is 261 cm³/mol. The van der Waals surface area contributed by atoms with Gasteiger partial charge in [-0.1, -0.05) is 80.6 Å². The Morgan fingerprint density at radius 3 is 1.99 bits per heavy atom. The van der Waals surface area contributed by atoms with Gasteiger partial charge in [0.25, 0.3) is 5.91 Å². The van der Waals surface area contributed by atoms with Crippen LogP contribution < -0.4 is 10.6 Å². The molecule has 5 N–H and O–H groups in total. The highest BCUT2D eigenvalue weighted by molar-refractivity contribution is 5.96. The number of carbonyl (C=O) groups excluding carboxylic acids is 8. The number of hydrogen-bond donors (Lipinski definition) is 5. The lowest BCUT2D eigenvalue weighted by atomic mass is 9.44. The molecule has 1 saturated heterocycles. The average Bonchev–Trinajstić information content (AvgIpc) is 3.40. The molecular weight excluding hydrogens is 977 g/mol. The number of Topliss-reactive ketones (excluding diaryl/α,β-unsaturated/α-hetero) is 1. The molecule has 0 spiro atoms. The summed E-state index contributed by atoms with van der Waals surface area (Å²) < 4.78 is 36.6. The monoisotopic (exact) mass is 1040 g/mol. The first-order valence-corrected chi connectivity index (χ1v) is 24.7. The van der Waals surface area contributed by atoms with Crippen molar-refractivity contribution in [1.29, 1.82) is 0 Å². The molecule has 2 unspecified atom stereocenters.